The van der Waals surface area contributed by atoms with E-state index in [1.807, 2.05) is 35.6 Å². The van der Waals surface area contributed by atoms with E-state index >= 15 is 0 Å². The van der Waals surface area contributed by atoms with Gasteiger partial charge in [-0.1, -0.05) is 17.3 Å². The maximum absolute atomic E-state index is 11.9. The molecule has 1 N–H and O–H groups in total. The van der Waals surface area contributed by atoms with Crippen molar-refractivity contribution in [2.45, 2.75) is 25.8 Å². The number of aromatic nitrogens is 6. The van der Waals surface area contributed by atoms with E-state index in [2.05, 4.69) is 60.6 Å². The van der Waals surface area contributed by atoms with Gasteiger partial charge in [-0.3, -0.25) is 9.78 Å². The Morgan fingerprint density at radius 1 is 1.00 bits per heavy atom. The van der Waals surface area contributed by atoms with E-state index in [0.29, 0.717) is 12.2 Å². The molecule has 0 bridgehead atoms. The number of tetrazole rings is 1. The Hall–Kier alpha value is -3.81. The number of carbonyl (C=O) groups is 1. The second-order valence-corrected chi connectivity index (χ2v) is 7.37. The standard InChI is InChI=1S/C22H21N7O/c30-22-2-1-9-29(22)20-5-3-16(4-6-20)18-12-19(14-23-13-18)17-7-10-28(15-17)11-8-21-24-26-27-25-21/h3-7,10,12-15H,1-2,8-9,11H2,(H,24,25,26,27). The van der Waals surface area contributed by atoms with E-state index in [1.54, 1.807) is 0 Å². The lowest BCUT2D eigenvalue weighted by Crippen LogP contribution is -2.23. The molecule has 150 valence electrons. The molecule has 4 aromatic rings. The third-order valence-corrected chi connectivity index (χ3v) is 5.39. The number of aryl methyl sites for hydroxylation is 2. The Morgan fingerprint density at radius 2 is 1.83 bits per heavy atom. The third-order valence-electron chi connectivity index (χ3n) is 5.39. The zero-order valence-corrected chi connectivity index (χ0v) is 16.4. The predicted octanol–water partition coefficient (Wildman–Crippen LogP) is 3.10. The van der Waals surface area contributed by atoms with Crippen molar-refractivity contribution in [2.75, 3.05) is 11.4 Å². The summed E-state index contributed by atoms with van der Waals surface area (Å²) in [6, 6.07) is 12.4. The van der Waals surface area contributed by atoms with Crippen LogP contribution in [0.15, 0.2) is 61.2 Å². The molecule has 8 heteroatoms. The molecule has 30 heavy (non-hydrogen) atoms. The van der Waals surface area contributed by atoms with Crippen LogP contribution in [-0.2, 0) is 17.8 Å². The molecule has 1 aliphatic rings. The van der Waals surface area contributed by atoms with Crippen LogP contribution in [0.5, 0.6) is 0 Å². The van der Waals surface area contributed by atoms with Crippen LogP contribution in [0.2, 0.25) is 0 Å². The molecule has 3 aromatic heterocycles. The normalized spacial score (nSPS) is 13.9. The molecular formula is C22H21N7O. The average Bonchev–Trinajstić information content (AvgIpc) is 3.55. The largest absolute Gasteiger partial charge is 0.353 e. The van der Waals surface area contributed by atoms with E-state index < -0.39 is 0 Å². The summed E-state index contributed by atoms with van der Waals surface area (Å²) in [6.07, 6.45) is 10.2. The number of nitrogens with zero attached hydrogens (tertiary/aromatic N) is 6. The quantitative estimate of drug-likeness (QED) is 0.538. The van der Waals surface area contributed by atoms with Gasteiger partial charge in [0.1, 0.15) is 0 Å². The molecule has 1 fully saturated rings. The lowest BCUT2D eigenvalue weighted by Gasteiger charge is -2.16. The van der Waals surface area contributed by atoms with Crippen molar-refractivity contribution < 1.29 is 4.79 Å². The summed E-state index contributed by atoms with van der Waals surface area (Å²) < 4.78 is 2.11. The fourth-order valence-electron chi connectivity index (χ4n) is 3.78. The molecule has 0 saturated carbocycles. The highest BCUT2D eigenvalue weighted by molar-refractivity contribution is 5.95. The average molecular weight is 399 g/mol. The zero-order valence-electron chi connectivity index (χ0n) is 16.4. The number of hydrogen-bond donors (Lipinski definition) is 1. The number of aromatic amines is 1. The van der Waals surface area contributed by atoms with Crippen molar-refractivity contribution in [3.05, 3.63) is 67.0 Å². The Morgan fingerprint density at radius 3 is 2.57 bits per heavy atom. The Kier molecular flexibility index (Phi) is 4.80. The molecule has 5 rings (SSSR count). The third kappa shape index (κ3) is 3.71. The van der Waals surface area contributed by atoms with Crippen LogP contribution < -0.4 is 4.90 Å². The van der Waals surface area contributed by atoms with Crippen molar-refractivity contribution in [1.82, 2.24) is 30.2 Å². The van der Waals surface area contributed by atoms with Gasteiger partial charge in [0, 0.05) is 73.1 Å². The molecule has 0 radical (unpaired) electrons. The topological polar surface area (TPSA) is 92.6 Å². The number of carbonyl (C=O) groups excluding carboxylic acids is 1. The summed E-state index contributed by atoms with van der Waals surface area (Å²) in [7, 11) is 0. The van der Waals surface area contributed by atoms with Crippen LogP contribution in [0.25, 0.3) is 22.3 Å². The molecule has 8 nitrogen and oxygen atoms in total. The van der Waals surface area contributed by atoms with Gasteiger partial charge < -0.3 is 9.47 Å². The number of rotatable bonds is 6. The van der Waals surface area contributed by atoms with E-state index in [1.165, 1.54) is 0 Å². The van der Waals surface area contributed by atoms with E-state index in [4.69, 9.17) is 0 Å². The summed E-state index contributed by atoms with van der Waals surface area (Å²) in [6.45, 7) is 1.59. The Balaban J connectivity index is 1.32. The van der Waals surface area contributed by atoms with E-state index in [9.17, 15) is 4.79 Å². The summed E-state index contributed by atoms with van der Waals surface area (Å²) in [5.41, 5.74) is 5.26. The first kappa shape index (κ1) is 18.2. The highest BCUT2D eigenvalue weighted by atomic mass is 16.2. The van der Waals surface area contributed by atoms with E-state index in [-0.39, 0.29) is 5.91 Å². The van der Waals surface area contributed by atoms with Gasteiger partial charge in [0.05, 0.1) is 0 Å². The van der Waals surface area contributed by atoms with Crippen LogP contribution >= 0.6 is 0 Å². The van der Waals surface area contributed by atoms with Crippen molar-refractivity contribution in [3.63, 3.8) is 0 Å². The van der Waals surface area contributed by atoms with Gasteiger partial charge in [-0.25, -0.2) is 0 Å². The van der Waals surface area contributed by atoms with Gasteiger partial charge in [-0.05, 0) is 36.2 Å². The lowest BCUT2D eigenvalue weighted by molar-refractivity contribution is -0.117. The van der Waals surface area contributed by atoms with Gasteiger partial charge in [-0.2, -0.15) is 5.21 Å². The van der Waals surface area contributed by atoms with Crippen LogP contribution in [-0.4, -0.2) is 42.6 Å². The predicted molar refractivity (Wildman–Crippen MR) is 113 cm³/mol. The summed E-state index contributed by atoms with van der Waals surface area (Å²) in [4.78, 5) is 18.2. The van der Waals surface area contributed by atoms with Crippen LogP contribution in [0.3, 0.4) is 0 Å². The molecule has 0 unspecified atom stereocenters. The van der Waals surface area contributed by atoms with Crippen LogP contribution in [0, 0.1) is 0 Å². The molecule has 0 spiro atoms. The molecule has 1 saturated heterocycles. The summed E-state index contributed by atoms with van der Waals surface area (Å²) in [5, 5.41) is 14.0. The van der Waals surface area contributed by atoms with Crippen molar-refractivity contribution in [1.29, 1.82) is 0 Å². The highest BCUT2D eigenvalue weighted by Gasteiger charge is 2.21. The highest BCUT2D eigenvalue weighted by Crippen LogP contribution is 2.28. The van der Waals surface area contributed by atoms with E-state index in [0.717, 1.165) is 53.9 Å². The lowest BCUT2D eigenvalue weighted by atomic mass is 10.0. The number of hydrogen-bond acceptors (Lipinski definition) is 5. The molecule has 4 heterocycles. The van der Waals surface area contributed by atoms with Crippen molar-refractivity contribution in [2.24, 2.45) is 0 Å². The van der Waals surface area contributed by atoms with Crippen LogP contribution in [0.4, 0.5) is 5.69 Å². The number of anilines is 1. The molecule has 0 aliphatic carbocycles. The first-order valence-electron chi connectivity index (χ1n) is 10.0. The maximum atomic E-state index is 11.9. The summed E-state index contributed by atoms with van der Waals surface area (Å²) >= 11 is 0. The molecular weight excluding hydrogens is 378 g/mol. The van der Waals surface area contributed by atoms with Crippen LogP contribution in [0.1, 0.15) is 18.7 Å². The molecule has 1 amide bonds. The Labute approximate surface area is 173 Å². The van der Waals surface area contributed by atoms with Crippen molar-refractivity contribution >= 4 is 11.6 Å². The summed E-state index contributed by atoms with van der Waals surface area (Å²) in [5.74, 6) is 0.906. The zero-order chi connectivity index (χ0) is 20.3. The minimum atomic E-state index is 0.204. The smallest absolute Gasteiger partial charge is 0.227 e. The second-order valence-electron chi connectivity index (χ2n) is 7.37. The minimum absolute atomic E-state index is 0.204. The molecule has 0 atom stereocenters. The monoisotopic (exact) mass is 399 g/mol. The number of amides is 1. The number of H-pyrrole nitrogens is 1. The van der Waals surface area contributed by atoms with Gasteiger partial charge in [0.25, 0.3) is 0 Å². The maximum Gasteiger partial charge on any atom is 0.227 e. The fraction of sp³-hybridized carbons (Fsp3) is 0.227. The molecule has 1 aromatic carbocycles. The number of pyridine rings is 1. The second kappa shape index (κ2) is 7.90. The van der Waals surface area contributed by atoms with Crippen molar-refractivity contribution in [3.8, 4) is 22.3 Å². The molecule has 1 aliphatic heterocycles. The first-order chi connectivity index (χ1) is 14.8. The number of benzene rings is 1. The fourth-order valence-corrected chi connectivity index (χ4v) is 3.78. The minimum Gasteiger partial charge on any atom is -0.353 e. The van der Waals surface area contributed by atoms with Gasteiger partial charge >= 0.3 is 0 Å². The van der Waals surface area contributed by atoms with Gasteiger partial charge in [0.15, 0.2) is 5.82 Å². The van der Waals surface area contributed by atoms with Gasteiger partial charge in [0.2, 0.25) is 5.91 Å². The number of nitrogens with one attached hydrogen (secondary N) is 1. The van der Waals surface area contributed by atoms with Gasteiger partial charge in [-0.15, -0.1) is 10.2 Å². The first-order valence-corrected chi connectivity index (χ1v) is 10.0. The Bertz CT molecular complexity index is 1150. The SMILES string of the molecule is O=C1CCCN1c1ccc(-c2cncc(-c3ccn(CCc4nn[nH]n4)c3)c2)cc1.